The van der Waals surface area contributed by atoms with E-state index in [9.17, 15) is 14.4 Å². The molecule has 6 nitrogen and oxygen atoms in total. The lowest BCUT2D eigenvalue weighted by atomic mass is 9.99. The summed E-state index contributed by atoms with van der Waals surface area (Å²) >= 11 is 0. The summed E-state index contributed by atoms with van der Waals surface area (Å²) in [6.45, 7) is 13.6. The fraction of sp³-hybridized carbons (Fsp3) is 0.935. The summed E-state index contributed by atoms with van der Waals surface area (Å²) in [6.07, 6.45) is 33.8. The summed E-state index contributed by atoms with van der Waals surface area (Å²) in [5, 5.41) is 0. The van der Waals surface area contributed by atoms with Gasteiger partial charge in [-0.1, -0.05) is 202 Å². The molecule has 0 spiro atoms. The highest BCUT2D eigenvalue weighted by Gasteiger charge is 2.19. The van der Waals surface area contributed by atoms with Crippen molar-refractivity contribution in [2.75, 3.05) is 13.2 Å². The van der Waals surface area contributed by atoms with Crippen LogP contribution in [0.25, 0.3) is 0 Å². The second-order valence-electron chi connectivity index (χ2n) is 16.9. The molecule has 0 fully saturated rings. The van der Waals surface area contributed by atoms with E-state index >= 15 is 0 Å². The van der Waals surface area contributed by atoms with Crippen molar-refractivity contribution < 1.29 is 28.6 Å². The van der Waals surface area contributed by atoms with Gasteiger partial charge in [-0.25, -0.2) is 0 Å². The number of hydrogen-bond acceptors (Lipinski definition) is 6. The van der Waals surface area contributed by atoms with Crippen LogP contribution in [-0.2, 0) is 28.6 Å². The third-order valence-electron chi connectivity index (χ3n) is 10.5. The van der Waals surface area contributed by atoms with Crippen LogP contribution in [0.1, 0.15) is 241 Å². The Kier molecular flexibility index (Phi) is 36.6. The quantitative estimate of drug-likeness (QED) is 0.0355. The molecular formula is C46H88O6. The van der Waals surface area contributed by atoms with Crippen LogP contribution in [0, 0.1) is 17.8 Å². The first-order chi connectivity index (χ1) is 25.1. The van der Waals surface area contributed by atoms with E-state index in [2.05, 4.69) is 41.5 Å². The molecule has 0 radical (unpaired) electrons. The molecular weight excluding hydrogens is 648 g/mol. The molecule has 6 heteroatoms. The second-order valence-corrected chi connectivity index (χ2v) is 16.9. The van der Waals surface area contributed by atoms with Crippen LogP contribution >= 0.6 is 0 Å². The maximum Gasteiger partial charge on any atom is 0.306 e. The minimum Gasteiger partial charge on any atom is -0.462 e. The number of carbonyl (C=O) groups excluding carboxylic acids is 3. The Morgan fingerprint density at radius 1 is 0.385 bits per heavy atom. The maximum atomic E-state index is 12.7. The highest BCUT2D eigenvalue weighted by atomic mass is 16.6. The molecule has 52 heavy (non-hydrogen) atoms. The van der Waals surface area contributed by atoms with Gasteiger partial charge < -0.3 is 14.2 Å². The Morgan fingerprint density at radius 2 is 0.673 bits per heavy atom. The van der Waals surface area contributed by atoms with E-state index in [1.165, 1.54) is 122 Å². The maximum absolute atomic E-state index is 12.7. The zero-order chi connectivity index (χ0) is 38.5. The van der Waals surface area contributed by atoms with Gasteiger partial charge in [0.2, 0.25) is 0 Å². The van der Waals surface area contributed by atoms with E-state index in [0.29, 0.717) is 19.3 Å². The lowest BCUT2D eigenvalue weighted by molar-refractivity contribution is -0.167. The van der Waals surface area contributed by atoms with Gasteiger partial charge in [0.25, 0.3) is 0 Å². The number of ether oxygens (including phenoxy) is 3. The molecule has 0 aromatic rings. The number of hydrogen-bond donors (Lipinski definition) is 0. The summed E-state index contributed by atoms with van der Waals surface area (Å²) in [4.78, 5) is 37.7. The lowest BCUT2D eigenvalue weighted by Gasteiger charge is -2.18. The van der Waals surface area contributed by atoms with Gasteiger partial charge in [-0.3, -0.25) is 14.4 Å². The fourth-order valence-corrected chi connectivity index (χ4v) is 6.67. The molecule has 308 valence electrons. The number of carbonyl (C=O) groups is 3. The molecule has 1 unspecified atom stereocenters. The molecule has 2 atom stereocenters. The van der Waals surface area contributed by atoms with E-state index in [0.717, 1.165) is 75.5 Å². The van der Waals surface area contributed by atoms with Gasteiger partial charge in [-0.15, -0.1) is 0 Å². The molecule has 0 N–H and O–H groups in total. The third kappa shape index (κ3) is 38.1. The zero-order valence-electron chi connectivity index (χ0n) is 35.6. The highest BCUT2D eigenvalue weighted by Crippen LogP contribution is 2.17. The Labute approximate surface area is 323 Å². The molecule has 0 aromatic carbocycles. The molecule has 0 saturated heterocycles. The second kappa shape index (κ2) is 37.7. The van der Waals surface area contributed by atoms with Crippen LogP contribution in [-0.4, -0.2) is 37.2 Å². The van der Waals surface area contributed by atoms with Crippen molar-refractivity contribution in [2.24, 2.45) is 17.8 Å². The minimum absolute atomic E-state index is 0.0670. The minimum atomic E-state index is -0.762. The van der Waals surface area contributed by atoms with Gasteiger partial charge in [-0.05, 0) is 37.0 Å². The summed E-state index contributed by atoms with van der Waals surface area (Å²) in [5.41, 5.74) is 0. The van der Waals surface area contributed by atoms with Crippen LogP contribution < -0.4 is 0 Å². The summed E-state index contributed by atoms with van der Waals surface area (Å²) in [7, 11) is 0. The molecule has 0 amide bonds. The molecule has 0 aliphatic rings. The monoisotopic (exact) mass is 737 g/mol. The Morgan fingerprint density at radius 3 is 1.00 bits per heavy atom. The van der Waals surface area contributed by atoms with E-state index in [1.54, 1.807) is 0 Å². The zero-order valence-corrected chi connectivity index (χ0v) is 35.6. The van der Waals surface area contributed by atoms with Crippen LogP contribution in [0.2, 0.25) is 0 Å². The van der Waals surface area contributed by atoms with E-state index in [-0.39, 0.29) is 31.1 Å². The predicted molar refractivity (Wildman–Crippen MR) is 219 cm³/mol. The Hall–Kier alpha value is -1.59. The number of esters is 3. The van der Waals surface area contributed by atoms with Gasteiger partial charge in [-0.2, -0.15) is 0 Å². The van der Waals surface area contributed by atoms with Gasteiger partial charge in [0.1, 0.15) is 13.2 Å². The normalized spacial score (nSPS) is 12.7. The van der Waals surface area contributed by atoms with Gasteiger partial charge in [0, 0.05) is 19.3 Å². The van der Waals surface area contributed by atoms with E-state index in [4.69, 9.17) is 14.2 Å². The van der Waals surface area contributed by atoms with Crippen LogP contribution in [0.3, 0.4) is 0 Å². The van der Waals surface area contributed by atoms with Crippen molar-refractivity contribution in [1.29, 1.82) is 0 Å². The van der Waals surface area contributed by atoms with Crippen molar-refractivity contribution in [3.05, 3.63) is 0 Å². The molecule has 0 aliphatic carbocycles. The smallest absolute Gasteiger partial charge is 0.306 e. The van der Waals surface area contributed by atoms with Crippen molar-refractivity contribution in [2.45, 2.75) is 247 Å². The third-order valence-corrected chi connectivity index (χ3v) is 10.5. The first-order valence-corrected chi connectivity index (χ1v) is 22.6. The van der Waals surface area contributed by atoms with E-state index in [1.807, 2.05) is 0 Å². The number of rotatable bonds is 39. The number of unbranched alkanes of at least 4 members (excludes halogenated alkanes) is 21. The van der Waals surface area contributed by atoms with Crippen molar-refractivity contribution in [1.82, 2.24) is 0 Å². The van der Waals surface area contributed by atoms with Crippen molar-refractivity contribution in [3.8, 4) is 0 Å². The average Bonchev–Trinajstić information content (AvgIpc) is 3.11. The first-order valence-electron chi connectivity index (χ1n) is 22.6. The molecule has 0 bridgehead atoms. The SMILES string of the molecule is CCC(C)CCCCCCCCCCC(=O)O[C@@H](COC(=O)CCCCCCCCCCCC(C)C)COC(=O)CCCCCCCCCC(C)C. The van der Waals surface area contributed by atoms with Crippen LogP contribution in [0.15, 0.2) is 0 Å². The highest BCUT2D eigenvalue weighted by molar-refractivity contribution is 5.71. The summed E-state index contributed by atoms with van der Waals surface area (Å²) in [6, 6.07) is 0. The van der Waals surface area contributed by atoms with Gasteiger partial charge in [0.05, 0.1) is 0 Å². The van der Waals surface area contributed by atoms with Crippen molar-refractivity contribution in [3.63, 3.8) is 0 Å². The van der Waals surface area contributed by atoms with Crippen LogP contribution in [0.4, 0.5) is 0 Å². The lowest BCUT2D eigenvalue weighted by Crippen LogP contribution is -2.30. The van der Waals surface area contributed by atoms with E-state index < -0.39 is 6.10 Å². The summed E-state index contributed by atoms with van der Waals surface area (Å²) < 4.78 is 16.7. The Bertz CT molecular complexity index is 809. The largest absolute Gasteiger partial charge is 0.462 e. The predicted octanol–water partition coefficient (Wildman–Crippen LogP) is 14.0. The first kappa shape index (κ1) is 50.4. The van der Waals surface area contributed by atoms with Gasteiger partial charge >= 0.3 is 17.9 Å². The standard InChI is InChI=1S/C46H88O6/c1-7-42(6)34-28-22-16-11-12-18-25-31-37-46(49)52-43(39-51-45(48)36-30-24-19-13-15-21-27-33-41(4)5)38-50-44(47)35-29-23-17-10-8-9-14-20-26-32-40(2)3/h40-43H,7-39H2,1-6H3/t42?,43-/m0/s1. The summed E-state index contributed by atoms with van der Waals surface area (Å²) in [5.74, 6) is 1.57. The van der Waals surface area contributed by atoms with Crippen LogP contribution in [0.5, 0.6) is 0 Å². The topological polar surface area (TPSA) is 78.9 Å². The molecule has 0 saturated carbocycles. The Balaban J connectivity index is 4.36. The molecule has 0 rings (SSSR count). The molecule has 0 aromatic heterocycles. The molecule has 0 aliphatic heterocycles. The average molecular weight is 737 g/mol. The fourth-order valence-electron chi connectivity index (χ4n) is 6.67. The van der Waals surface area contributed by atoms with Gasteiger partial charge in [0.15, 0.2) is 6.10 Å². The van der Waals surface area contributed by atoms with Crippen molar-refractivity contribution >= 4 is 17.9 Å². The molecule has 0 heterocycles.